The molecule has 0 aliphatic carbocycles. The van der Waals surface area contributed by atoms with Gasteiger partial charge in [-0.05, 0) is 49.1 Å². The Balaban J connectivity index is 0.000000679. The number of pyridine rings is 1. The normalized spacial score (nSPS) is 18.2. The second-order valence-electron chi connectivity index (χ2n) is 11.8. The van der Waals surface area contributed by atoms with Gasteiger partial charge in [-0.3, -0.25) is 14.6 Å². The van der Waals surface area contributed by atoms with Crippen LogP contribution in [-0.2, 0) is 20.6 Å². The molecule has 0 unspecified atom stereocenters. The molecule has 0 spiro atoms. The van der Waals surface area contributed by atoms with Gasteiger partial charge in [0.1, 0.15) is 23.5 Å². The van der Waals surface area contributed by atoms with Gasteiger partial charge in [0.05, 0.1) is 46.6 Å². The standard InChI is InChI=1S/C31H26ClF4N7O2.C2HF3O2/c1-17-3-2-4-25(42-10-8-18(12-26(42)44)27-21(31(34,35)36)5-6-22(32)28(27)33)23-11-19(7-9-39-23)29-24(40-30(17)45)15-43(41-29)20-13-37-16-38-14-20;3-2(4,5)1(6)7/h5-7,9,11-17,25H,2-4,8,10H2,1H3,(H,40,45);(H,6,7)/t17-,25+;/m1./s1. The van der Waals surface area contributed by atoms with E-state index in [9.17, 15) is 40.3 Å². The molecule has 52 heavy (non-hydrogen) atoms. The number of halogens is 8. The average molecular weight is 754 g/mol. The first kappa shape index (κ1) is 37.9. The first-order valence-electron chi connectivity index (χ1n) is 15.4. The lowest BCUT2D eigenvalue weighted by molar-refractivity contribution is -0.192. The molecule has 3 aromatic heterocycles. The number of hydrogen-bond donors (Lipinski definition) is 2. The van der Waals surface area contributed by atoms with E-state index in [4.69, 9.17) is 21.5 Å². The lowest BCUT2D eigenvalue weighted by Crippen LogP contribution is -2.38. The topological polar surface area (TPSA) is 143 Å². The van der Waals surface area contributed by atoms with Crippen molar-refractivity contribution in [1.29, 1.82) is 0 Å². The van der Waals surface area contributed by atoms with Crippen molar-refractivity contribution in [1.82, 2.24) is 29.6 Å². The average Bonchev–Trinajstić information content (AvgIpc) is 3.51. The lowest BCUT2D eigenvalue weighted by atomic mass is 9.91. The molecular weight excluding hydrogens is 727 g/mol. The summed E-state index contributed by atoms with van der Waals surface area (Å²) in [6.45, 7) is 1.83. The molecule has 0 radical (unpaired) electrons. The van der Waals surface area contributed by atoms with Gasteiger partial charge in [0.25, 0.3) is 0 Å². The summed E-state index contributed by atoms with van der Waals surface area (Å²) in [7, 11) is 0. The molecule has 6 rings (SSSR count). The zero-order valence-corrected chi connectivity index (χ0v) is 27.6. The highest BCUT2D eigenvalue weighted by molar-refractivity contribution is 6.31. The van der Waals surface area contributed by atoms with E-state index in [0.717, 1.165) is 18.2 Å². The molecule has 2 aliphatic heterocycles. The van der Waals surface area contributed by atoms with E-state index < -0.39 is 52.2 Å². The van der Waals surface area contributed by atoms with Crippen molar-refractivity contribution in [2.75, 3.05) is 11.9 Å². The van der Waals surface area contributed by atoms with Crippen molar-refractivity contribution >= 4 is 40.6 Å². The summed E-state index contributed by atoms with van der Waals surface area (Å²) in [6.07, 6.45) is 0.385. The molecule has 274 valence electrons. The third-order valence-electron chi connectivity index (χ3n) is 8.28. The van der Waals surface area contributed by atoms with Gasteiger partial charge < -0.3 is 15.3 Å². The maximum atomic E-state index is 15.0. The highest BCUT2D eigenvalue weighted by Crippen LogP contribution is 2.42. The number of carboxylic acids is 1. The van der Waals surface area contributed by atoms with Crippen LogP contribution in [0.15, 0.2) is 61.5 Å². The first-order valence-corrected chi connectivity index (χ1v) is 15.8. The van der Waals surface area contributed by atoms with Crippen molar-refractivity contribution in [2.45, 2.75) is 51.0 Å². The molecule has 2 aliphatic rings. The van der Waals surface area contributed by atoms with Crippen LogP contribution in [-0.4, -0.2) is 65.2 Å². The van der Waals surface area contributed by atoms with Crippen LogP contribution in [0.5, 0.6) is 0 Å². The van der Waals surface area contributed by atoms with Gasteiger partial charge >= 0.3 is 18.3 Å². The largest absolute Gasteiger partial charge is 0.490 e. The maximum absolute atomic E-state index is 15.0. The van der Waals surface area contributed by atoms with Crippen LogP contribution < -0.4 is 5.32 Å². The van der Waals surface area contributed by atoms with Crippen molar-refractivity contribution in [3.63, 3.8) is 0 Å². The van der Waals surface area contributed by atoms with E-state index in [0.29, 0.717) is 47.6 Å². The van der Waals surface area contributed by atoms with E-state index in [-0.39, 0.29) is 30.4 Å². The predicted octanol–water partition coefficient (Wildman–Crippen LogP) is 7.28. The molecule has 2 atom stereocenters. The number of rotatable bonds is 3. The molecule has 1 aromatic carbocycles. The second kappa shape index (κ2) is 15.1. The zero-order valence-electron chi connectivity index (χ0n) is 26.8. The van der Waals surface area contributed by atoms with Crippen LogP contribution in [0.2, 0.25) is 5.02 Å². The van der Waals surface area contributed by atoms with Crippen molar-refractivity contribution in [2.24, 2.45) is 5.92 Å². The van der Waals surface area contributed by atoms with E-state index in [2.05, 4.69) is 25.4 Å². The Kier molecular flexibility index (Phi) is 11.0. The fraction of sp³-hybridized carbons (Fsp3) is 0.303. The Morgan fingerprint density at radius 3 is 2.38 bits per heavy atom. The third kappa shape index (κ3) is 8.38. The Labute approximate surface area is 295 Å². The minimum Gasteiger partial charge on any atom is -0.475 e. The van der Waals surface area contributed by atoms with Crippen LogP contribution in [0.4, 0.5) is 36.4 Å². The molecule has 0 fully saturated rings. The maximum Gasteiger partial charge on any atom is 0.490 e. The number of alkyl halides is 6. The Morgan fingerprint density at radius 1 is 1.06 bits per heavy atom. The second-order valence-corrected chi connectivity index (χ2v) is 12.2. The molecule has 2 bridgehead atoms. The summed E-state index contributed by atoms with van der Waals surface area (Å²) >= 11 is 5.85. The van der Waals surface area contributed by atoms with Crippen molar-refractivity contribution in [3.8, 4) is 16.9 Å². The summed E-state index contributed by atoms with van der Waals surface area (Å²) in [4.78, 5) is 49.8. The summed E-state index contributed by atoms with van der Waals surface area (Å²) < 4.78 is 89.7. The Bertz CT molecular complexity index is 2020. The van der Waals surface area contributed by atoms with Gasteiger partial charge in [-0.2, -0.15) is 31.4 Å². The highest BCUT2D eigenvalue weighted by Gasteiger charge is 2.39. The van der Waals surface area contributed by atoms with Gasteiger partial charge in [0.2, 0.25) is 11.8 Å². The number of aromatic nitrogens is 5. The number of carboxylic acid groups (broad SMARTS) is 1. The van der Waals surface area contributed by atoms with Gasteiger partial charge in [0.15, 0.2) is 0 Å². The monoisotopic (exact) mass is 753 g/mol. The number of benzene rings is 1. The number of nitrogens with zero attached hydrogens (tertiary/aromatic N) is 6. The number of hydrogen-bond acceptors (Lipinski definition) is 7. The summed E-state index contributed by atoms with van der Waals surface area (Å²) in [6, 6.07) is 4.52. The molecule has 2 amide bonds. The van der Waals surface area contributed by atoms with Crippen LogP contribution in [0, 0.1) is 11.7 Å². The van der Waals surface area contributed by atoms with Crippen molar-refractivity contribution < 1.29 is 50.2 Å². The number of amides is 2. The quantitative estimate of drug-likeness (QED) is 0.208. The molecular formula is C33H27ClF7N7O4. The molecule has 19 heteroatoms. The minimum absolute atomic E-state index is 0.0222. The van der Waals surface area contributed by atoms with Gasteiger partial charge in [-0.1, -0.05) is 24.9 Å². The lowest BCUT2D eigenvalue weighted by Gasteiger charge is -2.35. The molecule has 0 saturated carbocycles. The third-order valence-corrected chi connectivity index (χ3v) is 8.58. The smallest absolute Gasteiger partial charge is 0.475 e. The van der Waals surface area contributed by atoms with Gasteiger partial charge in [-0.25, -0.2) is 23.8 Å². The van der Waals surface area contributed by atoms with Crippen LogP contribution in [0.1, 0.15) is 55.5 Å². The van der Waals surface area contributed by atoms with E-state index >= 15 is 0 Å². The number of carbonyl (C=O) groups excluding carboxylic acids is 2. The first-order chi connectivity index (χ1) is 24.5. The Morgan fingerprint density at radius 2 is 1.75 bits per heavy atom. The van der Waals surface area contributed by atoms with Gasteiger partial charge in [-0.15, -0.1) is 0 Å². The zero-order chi connectivity index (χ0) is 38.0. The van der Waals surface area contributed by atoms with Gasteiger partial charge in [0, 0.05) is 35.9 Å². The number of anilines is 1. The predicted molar refractivity (Wildman–Crippen MR) is 171 cm³/mol. The molecule has 4 aromatic rings. The fourth-order valence-electron chi connectivity index (χ4n) is 5.73. The van der Waals surface area contributed by atoms with E-state index in [1.807, 2.05) is 6.92 Å². The molecule has 5 heterocycles. The SMILES string of the molecule is C[C@@H]1CCC[C@H](N2CCC(c3c(C(F)(F)F)ccc(Cl)c3F)=CC2=O)c2cc(ccn2)-c2nn(-c3cncnc3)cc2NC1=O.O=C(O)C(F)(F)F. The molecule has 2 N–H and O–H groups in total. The summed E-state index contributed by atoms with van der Waals surface area (Å²) in [5, 5.41) is 14.3. The number of nitrogens with one attached hydrogen (secondary N) is 1. The van der Waals surface area contributed by atoms with Crippen LogP contribution in [0.3, 0.4) is 0 Å². The highest BCUT2D eigenvalue weighted by atomic mass is 35.5. The fourth-order valence-corrected chi connectivity index (χ4v) is 5.89. The molecule has 11 nitrogen and oxygen atoms in total. The summed E-state index contributed by atoms with van der Waals surface area (Å²) in [5.41, 5.74) is 0.696. The Hall–Kier alpha value is -5.39. The van der Waals surface area contributed by atoms with Crippen molar-refractivity contribution in [3.05, 3.63) is 89.1 Å². The number of aliphatic carboxylic acids is 1. The summed E-state index contributed by atoms with van der Waals surface area (Å²) in [5.74, 6) is -5.12. The van der Waals surface area contributed by atoms with E-state index in [1.165, 1.54) is 11.2 Å². The van der Waals surface area contributed by atoms with Crippen LogP contribution >= 0.6 is 11.6 Å². The number of carbonyl (C=O) groups is 3. The minimum atomic E-state index is -5.08. The number of fused-ring (bicyclic) bond motifs is 4. The van der Waals surface area contributed by atoms with E-state index in [1.54, 1.807) is 41.6 Å². The molecule has 0 saturated heterocycles. The van der Waals surface area contributed by atoms with Crippen LogP contribution in [0.25, 0.3) is 22.5 Å².